The minimum Gasteiger partial charge on any atom is -0.475 e. The highest BCUT2D eigenvalue weighted by atomic mass is 16.5. The van der Waals surface area contributed by atoms with Gasteiger partial charge in [-0.1, -0.05) is 34.6 Å². The maximum atomic E-state index is 5.68. The van der Waals surface area contributed by atoms with E-state index in [-0.39, 0.29) is 5.92 Å². The summed E-state index contributed by atoms with van der Waals surface area (Å²) in [6.45, 7) is 13.3. The smallest absolute Gasteiger partial charge is 0.218 e. The van der Waals surface area contributed by atoms with Gasteiger partial charge in [-0.15, -0.1) is 0 Å². The predicted octanol–water partition coefficient (Wildman–Crippen LogP) is 3.47. The van der Waals surface area contributed by atoms with Crippen LogP contribution in [0.25, 0.3) is 0 Å². The molecule has 120 valence electrons. The third-order valence-corrected chi connectivity index (χ3v) is 2.72. The zero-order valence-electron chi connectivity index (χ0n) is 14.0. The van der Waals surface area contributed by atoms with Crippen LogP contribution in [0, 0.1) is 5.92 Å². The van der Waals surface area contributed by atoms with Crippen molar-refractivity contribution < 1.29 is 9.47 Å². The van der Waals surface area contributed by atoms with E-state index in [0.29, 0.717) is 25.0 Å². The lowest BCUT2D eigenvalue weighted by molar-refractivity contribution is 0.0805. The Hall–Kier alpha value is -1.36. The summed E-state index contributed by atoms with van der Waals surface area (Å²) in [6, 6.07) is 1.85. The standard InChI is InChI=1S/C16H29N3O2/c1-6-7-17-14-10-15(19-16(18-14)13(4)5)21-9-8-20-11-12(2)3/h10,12-13H,6-9,11H2,1-5H3,(H,17,18,19). The van der Waals surface area contributed by atoms with Gasteiger partial charge in [-0.3, -0.25) is 0 Å². The van der Waals surface area contributed by atoms with Crippen molar-refractivity contribution in [2.45, 2.75) is 47.0 Å². The van der Waals surface area contributed by atoms with Crippen molar-refractivity contribution in [2.24, 2.45) is 5.92 Å². The van der Waals surface area contributed by atoms with Gasteiger partial charge in [-0.25, -0.2) is 4.98 Å². The Morgan fingerprint density at radius 3 is 2.52 bits per heavy atom. The molecule has 21 heavy (non-hydrogen) atoms. The van der Waals surface area contributed by atoms with Gasteiger partial charge >= 0.3 is 0 Å². The number of ether oxygens (including phenoxy) is 2. The van der Waals surface area contributed by atoms with Gasteiger partial charge in [0.1, 0.15) is 18.2 Å². The number of nitrogens with zero attached hydrogens (tertiary/aromatic N) is 2. The van der Waals surface area contributed by atoms with Crippen LogP contribution < -0.4 is 10.1 Å². The third-order valence-electron chi connectivity index (χ3n) is 2.72. The quantitative estimate of drug-likeness (QED) is 0.670. The monoisotopic (exact) mass is 295 g/mol. The lowest BCUT2D eigenvalue weighted by Crippen LogP contribution is -2.12. The molecule has 1 rings (SSSR count). The van der Waals surface area contributed by atoms with E-state index in [1.54, 1.807) is 0 Å². The van der Waals surface area contributed by atoms with Crippen molar-refractivity contribution in [1.29, 1.82) is 0 Å². The molecule has 1 aromatic rings. The summed E-state index contributed by atoms with van der Waals surface area (Å²) < 4.78 is 11.2. The molecular weight excluding hydrogens is 266 g/mol. The van der Waals surface area contributed by atoms with Crippen LogP contribution >= 0.6 is 0 Å². The van der Waals surface area contributed by atoms with Crippen LogP contribution in [0.3, 0.4) is 0 Å². The van der Waals surface area contributed by atoms with E-state index in [4.69, 9.17) is 9.47 Å². The molecule has 1 aromatic heterocycles. The molecule has 0 aliphatic heterocycles. The first-order valence-corrected chi connectivity index (χ1v) is 7.86. The summed E-state index contributed by atoms with van der Waals surface area (Å²) in [5, 5.41) is 3.28. The molecule has 0 radical (unpaired) electrons. The largest absolute Gasteiger partial charge is 0.475 e. The van der Waals surface area contributed by atoms with E-state index in [1.807, 2.05) is 6.07 Å². The van der Waals surface area contributed by atoms with E-state index in [1.165, 1.54) is 0 Å². The Balaban J connectivity index is 2.56. The molecule has 0 saturated carbocycles. The van der Waals surface area contributed by atoms with Gasteiger partial charge in [0.25, 0.3) is 0 Å². The van der Waals surface area contributed by atoms with Crippen molar-refractivity contribution in [3.05, 3.63) is 11.9 Å². The molecule has 1 N–H and O–H groups in total. The molecule has 5 heteroatoms. The lowest BCUT2D eigenvalue weighted by Gasteiger charge is -2.12. The molecule has 0 spiro atoms. The second-order valence-corrected chi connectivity index (χ2v) is 5.85. The van der Waals surface area contributed by atoms with Crippen LogP contribution in [0.5, 0.6) is 5.88 Å². The second kappa shape index (κ2) is 9.55. The Morgan fingerprint density at radius 1 is 1.14 bits per heavy atom. The van der Waals surface area contributed by atoms with E-state index < -0.39 is 0 Å². The molecule has 0 aromatic carbocycles. The number of hydrogen-bond acceptors (Lipinski definition) is 5. The highest BCUT2D eigenvalue weighted by molar-refractivity contribution is 5.38. The van der Waals surface area contributed by atoms with Crippen LogP contribution in [-0.2, 0) is 4.74 Å². The van der Waals surface area contributed by atoms with Gasteiger partial charge in [-0.2, -0.15) is 4.98 Å². The lowest BCUT2D eigenvalue weighted by atomic mass is 10.2. The summed E-state index contributed by atoms with van der Waals surface area (Å²) in [5.41, 5.74) is 0. The van der Waals surface area contributed by atoms with Gasteiger partial charge in [0.05, 0.1) is 6.61 Å². The van der Waals surface area contributed by atoms with Crippen molar-refractivity contribution in [3.63, 3.8) is 0 Å². The van der Waals surface area contributed by atoms with E-state index >= 15 is 0 Å². The molecule has 0 aliphatic rings. The molecule has 0 amide bonds. The van der Waals surface area contributed by atoms with Crippen molar-refractivity contribution in [1.82, 2.24) is 9.97 Å². The van der Waals surface area contributed by atoms with E-state index in [9.17, 15) is 0 Å². The number of rotatable bonds is 10. The molecule has 0 fully saturated rings. The van der Waals surface area contributed by atoms with Crippen LogP contribution in [-0.4, -0.2) is 36.3 Å². The molecular formula is C16H29N3O2. The van der Waals surface area contributed by atoms with Gasteiger partial charge in [-0.05, 0) is 12.3 Å². The number of aromatic nitrogens is 2. The van der Waals surface area contributed by atoms with Crippen LogP contribution in [0.1, 0.15) is 52.8 Å². The summed E-state index contributed by atoms with van der Waals surface area (Å²) in [7, 11) is 0. The SMILES string of the molecule is CCCNc1cc(OCCOCC(C)C)nc(C(C)C)n1. The zero-order chi connectivity index (χ0) is 15.7. The van der Waals surface area contributed by atoms with E-state index in [2.05, 4.69) is 49.9 Å². The molecule has 1 heterocycles. The third kappa shape index (κ3) is 7.27. The highest BCUT2D eigenvalue weighted by Crippen LogP contribution is 2.18. The molecule has 0 saturated heterocycles. The van der Waals surface area contributed by atoms with E-state index in [0.717, 1.165) is 31.2 Å². The number of nitrogens with one attached hydrogen (secondary N) is 1. The minimum atomic E-state index is 0.271. The predicted molar refractivity (Wildman–Crippen MR) is 86.1 cm³/mol. The fourth-order valence-corrected chi connectivity index (χ4v) is 1.64. The first kappa shape index (κ1) is 17.7. The minimum absolute atomic E-state index is 0.271. The van der Waals surface area contributed by atoms with Gasteiger partial charge in [0, 0.05) is 25.1 Å². The summed E-state index contributed by atoms with van der Waals surface area (Å²) >= 11 is 0. The zero-order valence-corrected chi connectivity index (χ0v) is 14.0. The summed E-state index contributed by atoms with van der Waals surface area (Å²) in [6.07, 6.45) is 1.06. The molecule has 0 unspecified atom stereocenters. The van der Waals surface area contributed by atoms with Gasteiger partial charge in [0.15, 0.2) is 0 Å². The second-order valence-electron chi connectivity index (χ2n) is 5.85. The van der Waals surface area contributed by atoms with Crippen LogP contribution in [0.2, 0.25) is 0 Å². The van der Waals surface area contributed by atoms with Crippen molar-refractivity contribution in [3.8, 4) is 5.88 Å². The Labute approximate surface area is 128 Å². The Kier molecular flexibility index (Phi) is 8.05. The topological polar surface area (TPSA) is 56.3 Å². The van der Waals surface area contributed by atoms with Gasteiger partial charge in [0.2, 0.25) is 5.88 Å². The summed E-state index contributed by atoms with van der Waals surface area (Å²) in [4.78, 5) is 8.95. The van der Waals surface area contributed by atoms with Crippen molar-refractivity contribution >= 4 is 5.82 Å². The average molecular weight is 295 g/mol. The average Bonchev–Trinajstić information content (AvgIpc) is 2.44. The number of anilines is 1. The van der Waals surface area contributed by atoms with Crippen LogP contribution in [0.15, 0.2) is 6.07 Å². The maximum Gasteiger partial charge on any atom is 0.218 e. The normalized spacial score (nSPS) is 11.2. The fourth-order valence-electron chi connectivity index (χ4n) is 1.64. The first-order chi connectivity index (χ1) is 10.0. The highest BCUT2D eigenvalue weighted by Gasteiger charge is 2.08. The molecule has 0 atom stereocenters. The van der Waals surface area contributed by atoms with Gasteiger partial charge < -0.3 is 14.8 Å². The summed E-state index contributed by atoms with van der Waals surface area (Å²) in [5.74, 6) is 3.05. The molecule has 0 bridgehead atoms. The molecule has 5 nitrogen and oxygen atoms in total. The Bertz CT molecular complexity index is 409. The first-order valence-electron chi connectivity index (χ1n) is 7.86. The number of hydrogen-bond donors (Lipinski definition) is 1. The fraction of sp³-hybridized carbons (Fsp3) is 0.750. The van der Waals surface area contributed by atoms with Crippen molar-refractivity contribution in [2.75, 3.05) is 31.7 Å². The Morgan fingerprint density at radius 2 is 1.90 bits per heavy atom. The molecule has 0 aliphatic carbocycles. The maximum absolute atomic E-state index is 5.68. The van der Waals surface area contributed by atoms with Crippen LogP contribution in [0.4, 0.5) is 5.82 Å².